The van der Waals surface area contributed by atoms with Crippen LogP contribution in [0.4, 0.5) is 0 Å². The maximum atomic E-state index is 11.8. The van der Waals surface area contributed by atoms with Crippen molar-refractivity contribution >= 4 is 17.7 Å². The minimum atomic E-state index is -1.83. The Hall–Kier alpha value is -1.69. The van der Waals surface area contributed by atoms with Gasteiger partial charge >= 0.3 is 11.9 Å². The second kappa shape index (κ2) is 14.3. The summed E-state index contributed by atoms with van der Waals surface area (Å²) in [6.45, 7) is 2.26. The molecule has 1 aliphatic rings. The molecule has 0 amide bonds. The van der Waals surface area contributed by atoms with Gasteiger partial charge in [0.15, 0.2) is 5.60 Å². The number of carbonyl (C=O) groups excluding carboxylic acids is 3. The number of aliphatic hydroxyl groups is 1. The molecule has 2 atom stereocenters. The van der Waals surface area contributed by atoms with Crippen molar-refractivity contribution in [3.8, 4) is 0 Å². The Balaban J connectivity index is 2.13. The van der Waals surface area contributed by atoms with E-state index >= 15 is 0 Å². The summed E-state index contributed by atoms with van der Waals surface area (Å²) in [6, 6.07) is 0. The van der Waals surface area contributed by atoms with Crippen LogP contribution in [-0.4, -0.2) is 42.1 Å². The molecule has 0 spiro atoms. The van der Waals surface area contributed by atoms with Crippen LogP contribution in [-0.2, 0) is 23.9 Å². The van der Waals surface area contributed by atoms with Crippen molar-refractivity contribution in [3.63, 3.8) is 0 Å². The van der Waals surface area contributed by atoms with E-state index in [9.17, 15) is 19.5 Å². The lowest BCUT2D eigenvalue weighted by Crippen LogP contribution is -2.42. The number of unbranched alkanes of at least 4 members (excludes halogenated alkanes) is 8. The summed E-state index contributed by atoms with van der Waals surface area (Å²) >= 11 is 0. The summed E-state index contributed by atoms with van der Waals surface area (Å²) in [5, 5.41) is 10.5. The third-order valence-corrected chi connectivity index (χ3v) is 5.51. The normalized spacial score (nSPS) is 21.5. The predicted octanol–water partition coefficient (Wildman–Crippen LogP) is 4.28. The zero-order valence-corrected chi connectivity index (χ0v) is 18.1. The number of Topliss-reactive ketones (excluding diaryl/α,β-unsaturated/α-hetero) is 1. The summed E-state index contributed by atoms with van der Waals surface area (Å²) in [4.78, 5) is 35.1. The number of cyclic esters (lactones) is 1. The third kappa shape index (κ3) is 9.57. The second-order valence-corrected chi connectivity index (χ2v) is 7.97. The molecule has 0 bridgehead atoms. The van der Waals surface area contributed by atoms with E-state index in [0.29, 0.717) is 12.2 Å². The van der Waals surface area contributed by atoms with Crippen molar-refractivity contribution in [1.29, 1.82) is 0 Å². The summed E-state index contributed by atoms with van der Waals surface area (Å²) < 4.78 is 9.48. The highest BCUT2D eigenvalue weighted by Gasteiger charge is 2.51. The SMILES string of the molecule is CCCCCCCC(=O)CCCCCC/C=C/[C@@H]1COC(=O)[C@]1(O)CC(=O)OC. The van der Waals surface area contributed by atoms with Crippen LogP contribution in [0.25, 0.3) is 0 Å². The van der Waals surface area contributed by atoms with Gasteiger partial charge in [0.05, 0.1) is 19.4 Å². The van der Waals surface area contributed by atoms with Crippen LogP contribution in [0.1, 0.15) is 90.4 Å². The lowest BCUT2D eigenvalue weighted by Gasteiger charge is -2.21. The van der Waals surface area contributed by atoms with Gasteiger partial charge in [0.25, 0.3) is 0 Å². The number of ether oxygens (including phenoxy) is 2. The van der Waals surface area contributed by atoms with E-state index in [1.807, 2.05) is 6.08 Å². The van der Waals surface area contributed by atoms with Crippen LogP contribution >= 0.6 is 0 Å². The number of allylic oxidation sites excluding steroid dienone is 1. The smallest absolute Gasteiger partial charge is 0.339 e. The lowest BCUT2D eigenvalue weighted by molar-refractivity contribution is -0.161. The van der Waals surface area contributed by atoms with E-state index in [4.69, 9.17) is 4.74 Å². The standard InChI is InChI=1S/C23H38O6/c1-3-4-5-8-12-15-20(24)16-13-10-7-6-9-11-14-19-18-29-22(26)23(19,27)17-21(25)28-2/h11,14,19,27H,3-10,12-13,15-18H2,1-2H3/b14-11+/t19-,23+/m1/s1. The van der Waals surface area contributed by atoms with Crippen molar-refractivity contribution in [2.75, 3.05) is 13.7 Å². The molecule has 166 valence electrons. The number of hydrogen-bond acceptors (Lipinski definition) is 6. The molecular formula is C23H38O6. The maximum absolute atomic E-state index is 11.8. The zero-order chi connectivity index (χ0) is 21.5. The largest absolute Gasteiger partial charge is 0.469 e. The molecule has 1 N–H and O–H groups in total. The first-order valence-corrected chi connectivity index (χ1v) is 11.1. The van der Waals surface area contributed by atoms with Gasteiger partial charge in [0.1, 0.15) is 12.4 Å². The highest BCUT2D eigenvalue weighted by atomic mass is 16.6. The van der Waals surface area contributed by atoms with E-state index in [2.05, 4.69) is 11.7 Å². The van der Waals surface area contributed by atoms with Gasteiger partial charge < -0.3 is 14.6 Å². The molecule has 6 heteroatoms. The summed E-state index contributed by atoms with van der Waals surface area (Å²) in [5.41, 5.74) is -1.83. The molecule has 1 fully saturated rings. The molecule has 1 saturated heterocycles. The monoisotopic (exact) mass is 410 g/mol. The van der Waals surface area contributed by atoms with E-state index in [1.54, 1.807) is 6.08 Å². The first-order valence-electron chi connectivity index (χ1n) is 11.1. The van der Waals surface area contributed by atoms with Crippen LogP contribution in [0.3, 0.4) is 0 Å². The molecule has 0 aromatic heterocycles. The molecule has 6 nitrogen and oxygen atoms in total. The van der Waals surface area contributed by atoms with Gasteiger partial charge in [-0.15, -0.1) is 0 Å². The minimum absolute atomic E-state index is 0.0728. The minimum Gasteiger partial charge on any atom is -0.469 e. The van der Waals surface area contributed by atoms with Crippen LogP contribution in [0, 0.1) is 5.92 Å². The number of carbonyl (C=O) groups is 3. The van der Waals surface area contributed by atoms with Crippen molar-refractivity contribution in [2.24, 2.45) is 5.92 Å². The lowest BCUT2D eigenvalue weighted by atomic mass is 9.86. The Morgan fingerprint density at radius 2 is 1.72 bits per heavy atom. The predicted molar refractivity (Wildman–Crippen MR) is 111 cm³/mol. The fourth-order valence-electron chi connectivity index (χ4n) is 3.54. The average Bonchev–Trinajstić information content (AvgIpc) is 2.97. The number of esters is 2. The summed E-state index contributed by atoms with van der Waals surface area (Å²) in [5.74, 6) is -1.56. The van der Waals surface area contributed by atoms with Gasteiger partial charge in [-0.3, -0.25) is 9.59 Å². The first-order chi connectivity index (χ1) is 13.9. The number of rotatable bonds is 16. The van der Waals surface area contributed by atoms with Crippen LogP contribution in [0.2, 0.25) is 0 Å². The van der Waals surface area contributed by atoms with E-state index in [0.717, 1.165) is 51.4 Å². The van der Waals surface area contributed by atoms with E-state index in [1.165, 1.54) is 26.4 Å². The van der Waals surface area contributed by atoms with Crippen LogP contribution in [0.5, 0.6) is 0 Å². The van der Waals surface area contributed by atoms with Crippen LogP contribution in [0.15, 0.2) is 12.2 Å². The average molecular weight is 411 g/mol. The fourth-order valence-corrected chi connectivity index (χ4v) is 3.54. The van der Waals surface area contributed by atoms with Gasteiger partial charge in [-0.2, -0.15) is 0 Å². The number of ketones is 1. The Bertz CT molecular complexity index is 541. The van der Waals surface area contributed by atoms with Crippen molar-refractivity contribution < 1.29 is 29.0 Å². The quantitative estimate of drug-likeness (QED) is 0.232. The molecule has 0 unspecified atom stereocenters. The van der Waals surface area contributed by atoms with Gasteiger partial charge in [0, 0.05) is 12.8 Å². The highest BCUT2D eigenvalue weighted by Crippen LogP contribution is 2.31. The van der Waals surface area contributed by atoms with Crippen molar-refractivity contribution in [3.05, 3.63) is 12.2 Å². The maximum Gasteiger partial charge on any atom is 0.339 e. The zero-order valence-electron chi connectivity index (χ0n) is 18.1. The molecule has 0 aromatic carbocycles. The molecule has 0 aliphatic carbocycles. The van der Waals surface area contributed by atoms with Crippen molar-refractivity contribution in [2.45, 2.75) is 96.0 Å². The Morgan fingerprint density at radius 1 is 1.10 bits per heavy atom. The van der Waals surface area contributed by atoms with Crippen LogP contribution < -0.4 is 0 Å². The summed E-state index contributed by atoms with van der Waals surface area (Å²) in [7, 11) is 1.22. The van der Waals surface area contributed by atoms with E-state index in [-0.39, 0.29) is 6.61 Å². The molecular weight excluding hydrogens is 372 g/mol. The molecule has 0 saturated carbocycles. The molecule has 1 rings (SSSR count). The Morgan fingerprint density at radius 3 is 2.34 bits per heavy atom. The molecule has 29 heavy (non-hydrogen) atoms. The molecule has 0 radical (unpaired) electrons. The Kier molecular flexibility index (Phi) is 12.5. The molecule has 0 aromatic rings. The fraction of sp³-hybridized carbons (Fsp3) is 0.783. The first kappa shape index (κ1) is 25.3. The van der Waals surface area contributed by atoms with Gasteiger partial charge in [-0.25, -0.2) is 4.79 Å². The van der Waals surface area contributed by atoms with Gasteiger partial charge in [0.2, 0.25) is 0 Å². The summed E-state index contributed by atoms with van der Waals surface area (Å²) in [6.07, 6.45) is 15.4. The third-order valence-electron chi connectivity index (χ3n) is 5.51. The second-order valence-electron chi connectivity index (χ2n) is 7.97. The topological polar surface area (TPSA) is 89.9 Å². The molecule has 1 aliphatic heterocycles. The van der Waals surface area contributed by atoms with Gasteiger partial charge in [-0.05, 0) is 25.7 Å². The van der Waals surface area contributed by atoms with E-state index < -0.39 is 29.9 Å². The number of methoxy groups -OCH3 is 1. The Labute approximate surface area is 175 Å². The van der Waals surface area contributed by atoms with Gasteiger partial charge in [-0.1, -0.05) is 57.6 Å². The highest BCUT2D eigenvalue weighted by molar-refractivity contribution is 5.87. The number of hydrogen-bond donors (Lipinski definition) is 1. The molecule has 1 heterocycles. The van der Waals surface area contributed by atoms with Crippen molar-refractivity contribution in [1.82, 2.24) is 0 Å².